The molecule has 0 bridgehead atoms. The second kappa shape index (κ2) is 7.52. The predicted molar refractivity (Wildman–Crippen MR) is 87.5 cm³/mol. The molecule has 0 aliphatic heterocycles. The highest BCUT2D eigenvalue weighted by Crippen LogP contribution is 2.24. The Kier molecular flexibility index (Phi) is 5.70. The highest BCUT2D eigenvalue weighted by atomic mass is 79.9. The standard InChI is InChI=1S/C16H20BrN3O/c1-11(2)9-18-10-13-4-7-16(20-19-13)21-14-5-6-15(17)12(3)8-14/h4-8,11,18H,9-10H2,1-3H3. The highest BCUT2D eigenvalue weighted by Gasteiger charge is 2.03. The molecule has 2 rings (SSSR count). The predicted octanol–water partition coefficient (Wildman–Crippen LogP) is 4.09. The van der Waals surface area contributed by atoms with Crippen LogP contribution in [0.1, 0.15) is 25.1 Å². The molecule has 1 aromatic carbocycles. The van der Waals surface area contributed by atoms with E-state index in [0.29, 0.717) is 11.8 Å². The summed E-state index contributed by atoms with van der Waals surface area (Å²) < 4.78 is 6.76. The van der Waals surface area contributed by atoms with Gasteiger partial charge < -0.3 is 10.1 Å². The third-order valence-electron chi connectivity index (χ3n) is 2.91. The zero-order valence-electron chi connectivity index (χ0n) is 12.6. The van der Waals surface area contributed by atoms with E-state index in [2.05, 4.69) is 45.3 Å². The van der Waals surface area contributed by atoms with Gasteiger partial charge in [-0.1, -0.05) is 29.8 Å². The van der Waals surface area contributed by atoms with Crippen molar-refractivity contribution in [3.63, 3.8) is 0 Å². The van der Waals surface area contributed by atoms with Crippen molar-refractivity contribution in [1.82, 2.24) is 15.5 Å². The van der Waals surface area contributed by atoms with E-state index in [-0.39, 0.29) is 0 Å². The van der Waals surface area contributed by atoms with Crippen molar-refractivity contribution >= 4 is 15.9 Å². The summed E-state index contributed by atoms with van der Waals surface area (Å²) in [6.07, 6.45) is 0. The summed E-state index contributed by atoms with van der Waals surface area (Å²) in [7, 11) is 0. The number of aromatic nitrogens is 2. The largest absolute Gasteiger partial charge is 0.438 e. The highest BCUT2D eigenvalue weighted by molar-refractivity contribution is 9.10. The van der Waals surface area contributed by atoms with Crippen LogP contribution in [-0.2, 0) is 6.54 Å². The lowest BCUT2D eigenvalue weighted by Crippen LogP contribution is -2.19. The molecule has 0 amide bonds. The van der Waals surface area contributed by atoms with Gasteiger partial charge in [-0.25, -0.2) is 0 Å². The third-order valence-corrected chi connectivity index (χ3v) is 3.80. The molecule has 112 valence electrons. The summed E-state index contributed by atoms with van der Waals surface area (Å²) in [5.74, 6) is 1.89. The quantitative estimate of drug-likeness (QED) is 0.853. The molecule has 4 nitrogen and oxygen atoms in total. The van der Waals surface area contributed by atoms with Crippen molar-refractivity contribution in [3.8, 4) is 11.6 Å². The van der Waals surface area contributed by atoms with Gasteiger partial charge in [0.15, 0.2) is 0 Å². The number of benzene rings is 1. The van der Waals surface area contributed by atoms with E-state index < -0.39 is 0 Å². The molecule has 0 saturated carbocycles. The summed E-state index contributed by atoms with van der Waals surface area (Å²) in [4.78, 5) is 0. The van der Waals surface area contributed by atoms with E-state index in [9.17, 15) is 0 Å². The van der Waals surface area contributed by atoms with Crippen molar-refractivity contribution in [1.29, 1.82) is 0 Å². The molecule has 0 radical (unpaired) electrons. The fourth-order valence-electron chi connectivity index (χ4n) is 1.79. The van der Waals surface area contributed by atoms with Gasteiger partial charge in [0.1, 0.15) is 5.75 Å². The topological polar surface area (TPSA) is 47.0 Å². The zero-order chi connectivity index (χ0) is 15.2. The number of rotatable bonds is 6. The van der Waals surface area contributed by atoms with Crippen LogP contribution in [0.25, 0.3) is 0 Å². The van der Waals surface area contributed by atoms with Crippen LogP contribution >= 0.6 is 15.9 Å². The molecule has 1 heterocycles. The Morgan fingerprint density at radius 1 is 1.19 bits per heavy atom. The fourth-order valence-corrected chi connectivity index (χ4v) is 2.03. The van der Waals surface area contributed by atoms with Gasteiger partial charge in [-0.15, -0.1) is 5.10 Å². The molecule has 0 saturated heterocycles. The maximum absolute atomic E-state index is 5.70. The van der Waals surface area contributed by atoms with Crippen LogP contribution in [0.15, 0.2) is 34.8 Å². The average Bonchev–Trinajstić information content (AvgIpc) is 2.44. The molecule has 1 N–H and O–H groups in total. The molecule has 0 atom stereocenters. The van der Waals surface area contributed by atoms with Crippen LogP contribution < -0.4 is 10.1 Å². The minimum Gasteiger partial charge on any atom is -0.438 e. The minimum absolute atomic E-state index is 0.504. The smallest absolute Gasteiger partial charge is 0.238 e. The van der Waals surface area contributed by atoms with E-state index in [1.165, 1.54) is 0 Å². The molecular formula is C16H20BrN3O. The maximum Gasteiger partial charge on any atom is 0.238 e. The summed E-state index contributed by atoms with van der Waals surface area (Å²) in [6, 6.07) is 9.60. The Morgan fingerprint density at radius 2 is 2.00 bits per heavy atom. The lowest BCUT2D eigenvalue weighted by Gasteiger charge is -2.08. The molecule has 21 heavy (non-hydrogen) atoms. The van der Waals surface area contributed by atoms with Gasteiger partial charge in [-0.2, -0.15) is 5.10 Å². The van der Waals surface area contributed by atoms with Gasteiger partial charge in [-0.3, -0.25) is 0 Å². The van der Waals surface area contributed by atoms with Gasteiger partial charge in [0.25, 0.3) is 0 Å². The number of ether oxygens (including phenoxy) is 1. The number of aryl methyl sites for hydroxylation is 1. The number of halogens is 1. The Labute approximate surface area is 134 Å². The Morgan fingerprint density at radius 3 is 2.62 bits per heavy atom. The van der Waals surface area contributed by atoms with Gasteiger partial charge in [0.2, 0.25) is 5.88 Å². The van der Waals surface area contributed by atoms with Crippen molar-refractivity contribution < 1.29 is 4.74 Å². The molecule has 0 fully saturated rings. The molecule has 0 unspecified atom stereocenters. The second-order valence-electron chi connectivity index (χ2n) is 5.40. The second-order valence-corrected chi connectivity index (χ2v) is 6.26. The van der Waals surface area contributed by atoms with Gasteiger partial charge in [0.05, 0.1) is 5.69 Å². The van der Waals surface area contributed by atoms with Crippen LogP contribution in [0.3, 0.4) is 0 Å². The number of nitrogens with one attached hydrogen (secondary N) is 1. The maximum atomic E-state index is 5.70. The van der Waals surface area contributed by atoms with Crippen LogP contribution in [0.5, 0.6) is 11.6 Å². The van der Waals surface area contributed by atoms with Gasteiger partial charge in [-0.05, 0) is 49.2 Å². The number of hydrogen-bond donors (Lipinski definition) is 1. The molecular weight excluding hydrogens is 330 g/mol. The first kappa shape index (κ1) is 15.9. The number of nitrogens with zero attached hydrogens (tertiary/aromatic N) is 2. The van der Waals surface area contributed by atoms with Crippen LogP contribution in [-0.4, -0.2) is 16.7 Å². The van der Waals surface area contributed by atoms with Crippen molar-refractivity contribution in [2.24, 2.45) is 5.92 Å². The third kappa shape index (κ3) is 5.10. The normalized spacial score (nSPS) is 10.9. The zero-order valence-corrected chi connectivity index (χ0v) is 14.1. The van der Waals surface area contributed by atoms with Crippen molar-refractivity contribution in [2.45, 2.75) is 27.3 Å². The van der Waals surface area contributed by atoms with Crippen LogP contribution in [0, 0.1) is 12.8 Å². The lowest BCUT2D eigenvalue weighted by molar-refractivity contribution is 0.452. The minimum atomic E-state index is 0.504. The van der Waals surface area contributed by atoms with Crippen LogP contribution in [0.4, 0.5) is 0 Å². The van der Waals surface area contributed by atoms with E-state index in [0.717, 1.165) is 34.6 Å². The van der Waals surface area contributed by atoms with E-state index in [4.69, 9.17) is 4.74 Å². The molecule has 0 aliphatic carbocycles. The van der Waals surface area contributed by atoms with E-state index in [1.54, 1.807) is 0 Å². The summed E-state index contributed by atoms with van der Waals surface area (Å²) in [5.41, 5.74) is 2.03. The monoisotopic (exact) mass is 349 g/mol. The average molecular weight is 350 g/mol. The summed E-state index contributed by atoms with van der Waals surface area (Å²) in [5, 5.41) is 11.6. The summed E-state index contributed by atoms with van der Waals surface area (Å²) in [6.45, 7) is 8.07. The number of hydrogen-bond acceptors (Lipinski definition) is 4. The van der Waals surface area contributed by atoms with E-state index >= 15 is 0 Å². The van der Waals surface area contributed by atoms with E-state index in [1.807, 2.05) is 37.3 Å². The van der Waals surface area contributed by atoms with Crippen LogP contribution in [0.2, 0.25) is 0 Å². The Hall–Kier alpha value is -1.46. The van der Waals surface area contributed by atoms with Gasteiger partial charge >= 0.3 is 0 Å². The van der Waals surface area contributed by atoms with Gasteiger partial charge in [0, 0.05) is 17.1 Å². The molecule has 5 heteroatoms. The first-order valence-electron chi connectivity index (χ1n) is 7.02. The SMILES string of the molecule is Cc1cc(Oc2ccc(CNCC(C)C)nn2)ccc1Br. The fraction of sp³-hybridized carbons (Fsp3) is 0.375. The molecule has 1 aromatic heterocycles. The first-order chi connectivity index (χ1) is 10.0. The lowest BCUT2D eigenvalue weighted by atomic mass is 10.2. The Bertz CT molecular complexity index is 585. The van der Waals surface area contributed by atoms with Crippen molar-refractivity contribution in [3.05, 3.63) is 46.1 Å². The van der Waals surface area contributed by atoms with Crippen molar-refractivity contribution in [2.75, 3.05) is 6.54 Å². The molecule has 0 aliphatic rings. The molecule has 0 spiro atoms. The summed E-state index contributed by atoms with van der Waals surface area (Å²) >= 11 is 3.47. The first-order valence-corrected chi connectivity index (χ1v) is 7.81. The molecule has 2 aromatic rings. The Balaban J connectivity index is 1.94.